The predicted octanol–water partition coefficient (Wildman–Crippen LogP) is -0.848. The van der Waals surface area contributed by atoms with Crippen molar-refractivity contribution in [3.05, 3.63) is 71.8 Å². The average molecular weight is 1350 g/mol. The van der Waals surface area contributed by atoms with Crippen LogP contribution in [0, 0.1) is 17.8 Å². The first-order valence-electron chi connectivity index (χ1n) is 33.8. The van der Waals surface area contributed by atoms with Crippen LogP contribution in [0.25, 0.3) is 0 Å². The normalized spacial score (nSPS) is 15.0. The highest BCUT2D eigenvalue weighted by Crippen LogP contribution is 2.15. The molecule has 0 spiro atoms. The second-order valence-corrected chi connectivity index (χ2v) is 25.3. The molecule has 2 rings (SSSR count). The molecule has 2 aromatic carbocycles. The minimum atomic E-state index is -1.35. The SMILES string of the molecule is CCC(C)C(NC(=O)C(CCCCN)NC(=O)C(NC(=O)C(Cc1ccccc1)NC(=O)C(C)NC(=O)C(CCCCN)NC(=O)CNC(=O)C(Cc1ccccc1)NC(=O)C(CCCCN)NC(=O)C(CCCCN)NC(=O)C(C)N)C(C)C)C(=O)NC(CC(C)C)C(=O)O. The number of nitrogens with one attached hydrogen (secondary N) is 11. The zero-order chi connectivity index (χ0) is 71.9. The molecule has 538 valence electrons. The molecule has 0 heterocycles. The Labute approximate surface area is 565 Å². The molecule has 12 atom stereocenters. The molecule has 0 radical (unpaired) electrons. The monoisotopic (exact) mass is 1350 g/mol. The van der Waals surface area contributed by atoms with Crippen molar-refractivity contribution in [2.45, 2.75) is 225 Å². The fourth-order valence-corrected chi connectivity index (χ4v) is 10.2. The molecular formula is C67H112N16O13. The van der Waals surface area contributed by atoms with Gasteiger partial charge in [-0.25, -0.2) is 4.79 Å². The van der Waals surface area contributed by atoms with Crippen molar-refractivity contribution >= 4 is 70.9 Å². The van der Waals surface area contributed by atoms with Gasteiger partial charge in [0.2, 0.25) is 65.0 Å². The summed E-state index contributed by atoms with van der Waals surface area (Å²) in [5.41, 5.74) is 30.1. The van der Waals surface area contributed by atoms with Gasteiger partial charge in [0.15, 0.2) is 0 Å². The van der Waals surface area contributed by atoms with E-state index in [1.165, 1.54) is 13.8 Å². The van der Waals surface area contributed by atoms with Gasteiger partial charge in [-0.3, -0.25) is 52.7 Å². The summed E-state index contributed by atoms with van der Waals surface area (Å²) < 4.78 is 0. The molecule has 11 amide bonds. The van der Waals surface area contributed by atoms with Crippen molar-refractivity contribution in [3.8, 4) is 0 Å². The summed E-state index contributed by atoms with van der Waals surface area (Å²) in [4.78, 5) is 165. The summed E-state index contributed by atoms with van der Waals surface area (Å²) in [6.07, 6.45) is 4.61. The van der Waals surface area contributed by atoms with Crippen LogP contribution in [0.4, 0.5) is 0 Å². The third-order valence-electron chi connectivity index (χ3n) is 16.1. The maximum Gasteiger partial charge on any atom is 0.326 e. The van der Waals surface area contributed by atoms with Crippen LogP contribution in [0.3, 0.4) is 0 Å². The lowest BCUT2D eigenvalue weighted by Gasteiger charge is -2.30. The number of unbranched alkanes of at least 4 members (excludes halogenated alkanes) is 4. The van der Waals surface area contributed by atoms with Crippen LogP contribution in [-0.2, 0) is 70.4 Å². The molecular weight excluding hydrogens is 1240 g/mol. The van der Waals surface area contributed by atoms with Crippen LogP contribution in [0.1, 0.15) is 156 Å². The molecule has 0 aliphatic rings. The zero-order valence-corrected chi connectivity index (χ0v) is 57.4. The standard InChI is InChI=1S/C67H112N16O13/c1-9-42(6)56(66(94)81-53(67(95)96)36-40(2)3)83-63(91)50(31-19-23-35-71)78-65(93)55(41(4)5)82-64(92)52(38-46-26-14-11-15-27-46)79-58(86)44(8)74-60(88)47(28-16-20-32-68)75-54(84)39-73-59(87)51(37-45-24-12-10-13-25-45)80-62(90)49(30-18-22-34-70)77-61(89)48(29-17-21-33-69)76-57(85)43(7)72/h10-15,24-27,40-44,47-53,55-56H,9,16-23,28-39,68-72H2,1-8H3,(H,73,87)(H,74,88)(H,75,84)(H,76,85)(H,77,89)(H,78,93)(H,79,86)(H,80,90)(H,81,94)(H,82,92)(H,83,91)(H,95,96). The Bertz CT molecular complexity index is 2760. The molecule has 0 aromatic heterocycles. The molecule has 29 heteroatoms. The quantitative estimate of drug-likeness (QED) is 0.0359. The molecule has 0 bridgehead atoms. The van der Waals surface area contributed by atoms with Gasteiger partial charge >= 0.3 is 5.97 Å². The minimum absolute atomic E-state index is 0.0415. The van der Waals surface area contributed by atoms with E-state index in [1.807, 2.05) is 20.8 Å². The maximum absolute atomic E-state index is 14.5. The number of amides is 11. The highest BCUT2D eigenvalue weighted by molar-refractivity contribution is 5.99. The minimum Gasteiger partial charge on any atom is -0.480 e. The van der Waals surface area contributed by atoms with Crippen LogP contribution in [0.15, 0.2) is 60.7 Å². The highest BCUT2D eigenvalue weighted by atomic mass is 16.4. The summed E-state index contributed by atoms with van der Waals surface area (Å²) in [6, 6.07) is 4.13. The van der Waals surface area contributed by atoms with Gasteiger partial charge in [-0.05, 0) is 152 Å². The number of carbonyl (C=O) groups excluding carboxylic acids is 11. The second-order valence-electron chi connectivity index (χ2n) is 25.3. The number of carboxylic acids is 1. The third kappa shape index (κ3) is 32.1. The molecule has 0 aliphatic heterocycles. The zero-order valence-electron chi connectivity index (χ0n) is 57.4. The van der Waals surface area contributed by atoms with Gasteiger partial charge in [0.05, 0.1) is 12.6 Å². The highest BCUT2D eigenvalue weighted by Gasteiger charge is 2.37. The van der Waals surface area contributed by atoms with Gasteiger partial charge in [0, 0.05) is 12.8 Å². The van der Waals surface area contributed by atoms with E-state index in [0.29, 0.717) is 82.0 Å². The Kier molecular flexibility index (Phi) is 40.3. The van der Waals surface area contributed by atoms with Crippen molar-refractivity contribution < 1.29 is 62.6 Å². The summed E-state index contributed by atoms with van der Waals surface area (Å²) in [5.74, 6) is -10.4. The van der Waals surface area contributed by atoms with E-state index in [0.717, 1.165) is 0 Å². The first-order valence-corrected chi connectivity index (χ1v) is 33.8. The molecule has 0 fully saturated rings. The van der Waals surface area contributed by atoms with Crippen molar-refractivity contribution in [2.75, 3.05) is 32.7 Å². The molecule has 12 unspecified atom stereocenters. The molecule has 0 aliphatic carbocycles. The Morgan fingerprint density at radius 3 is 1.17 bits per heavy atom. The van der Waals surface area contributed by atoms with E-state index in [2.05, 4.69) is 58.5 Å². The lowest BCUT2D eigenvalue weighted by molar-refractivity contribution is -0.143. The number of benzene rings is 2. The fraction of sp³-hybridized carbons (Fsp3) is 0.642. The van der Waals surface area contributed by atoms with E-state index >= 15 is 0 Å². The smallest absolute Gasteiger partial charge is 0.326 e. The largest absolute Gasteiger partial charge is 0.480 e. The molecule has 0 saturated carbocycles. The van der Waals surface area contributed by atoms with Crippen molar-refractivity contribution in [3.63, 3.8) is 0 Å². The lowest BCUT2D eigenvalue weighted by Crippen LogP contribution is -2.61. The van der Waals surface area contributed by atoms with Gasteiger partial charge in [-0.2, -0.15) is 0 Å². The number of nitrogens with two attached hydrogens (primary N) is 5. The Hall–Kier alpha value is -8.12. The summed E-state index contributed by atoms with van der Waals surface area (Å²) in [6.45, 7) is 13.9. The predicted molar refractivity (Wildman–Crippen MR) is 365 cm³/mol. The Morgan fingerprint density at radius 1 is 0.396 bits per heavy atom. The van der Waals surface area contributed by atoms with E-state index in [1.54, 1.807) is 81.4 Å². The van der Waals surface area contributed by atoms with Crippen LogP contribution < -0.4 is 87.2 Å². The molecule has 2 aromatic rings. The first-order chi connectivity index (χ1) is 45.6. The van der Waals surface area contributed by atoms with Crippen molar-refractivity contribution in [1.29, 1.82) is 0 Å². The van der Waals surface area contributed by atoms with E-state index in [4.69, 9.17) is 28.7 Å². The van der Waals surface area contributed by atoms with Crippen molar-refractivity contribution in [2.24, 2.45) is 46.4 Å². The molecule has 22 N–H and O–H groups in total. The average Bonchev–Trinajstić information content (AvgIpc) is 0.950. The molecule has 0 saturated heterocycles. The summed E-state index contributed by atoms with van der Waals surface area (Å²) >= 11 is 0. The second kappa shape index (κ2) is 46.1. The number of rotatable bonds is 48. The first kappa shape index (κ1) is 84.0. The summed E-state index contributed by atoms with van der Waals surface area (Å²) in [5, 5.41) is 39.3. The molecule has 96 heavy (non-hydrogen) atoms. The van der Waals surface area contributed by atoms with Crippen LogP contribution in [0.5, 0.6) is 0 Å². The number of hydrogen-bond acceptors (Lipinski definition) is 17. The van der Waals surface area contributed by atoms with Crippen LogP contribution in [0.2, 0.25) is 0 Å². The van der Waals surface area contributed by atoms with Crippen LogP contribution >= 0.6 is 0 Å². The Balaban J connectivity index is 2.38. The topological polar surface area (TPSA) is 487 Å². The number of carboxylic acid groups (broad SMARTS) is 1. The maximum atomic E-state index is 14.5. The fourth-order valence-electron chi connectivity index (χ4n) is 10.2. The van der Waals surface area contributed by atoms with E-state index in [9.17, 15) is 62.6 Å². The number of hydrogen-bond donors (Lipinski definition) is 17. The number of carbonyl (C=O) groups is 12. The summed E-state index contributed by atoms with van der Waals surface area (Å²) in [7, 11) is 0. The van der Waals surface area contributed by atoms with Crippen LogP contribution in [-0.4, -0.2) is 175 Å². The van der Waals surface area contributed by atoms with Gasteiger partial charge in [0.25, 0.3) is 0 Å². The van der Waals surface area contributed by atoms with Gasteiger partial charge in [-0.15, -0.1) is 0 Å². The van der Waals surface area contributed by atoms with E-state index < -0.39 is 156 Å². The Morgan fingerprint density at radius 2 is 0.750 bits per heavy atom. The third-order valence-corrected chi connectivity index (χ3v) is 16.1. The van der Waals surface area contributed by atoms with Gasteiger partial charge < -0.3 is 92.3 Å². The van der Waals surface area contributed by atoms with Crippen molar-refractivity contribution in [1.82, 2.24) is 58.5 Å². The lowest BCUT2D eigenvalue weighted by atomic mass is 9.96. The van der Waals surface area contributed by atoms with E-state index in [-0.39, 0.29) is 64.0 Å². The van der Waals surface area contributed by atoms with Gasteiger partial charge in [0.1, 0.15) is 60.4 Å². The number of aliphatic carboxylic acids is 1. The molecule has 29 nitrogen and oxygen atoms in total. The van der Waals surface area contributed by atoms with Gasteiger partial charge in [-0.1, -0.05) is 109 Å².